The van der Waals surface area contributed by atoms with Crippen molar-refractivity contribution in [2.24, 2.45) is 0 Å². The minimum atomic E-state index is -0.220. The summed E-state index contributed by atoms with van der Waals surface area (Å²) in [5.74, 6) is 0.728. The third kappa shape index (κ3) is 13.8. The van der Waals surface area contributed by atoms with Crippen LogP contribution >= 0.6 is 0 Å². The molecule has 2 N–H and O–H groups in total. The summed E-state index contributed by atoms with van der Waals surface area (Å²) in [4.78, 5) is 96.7. The van der Waals surface area contributed by atoms with Crippen LogP contribution in [0, 0.1) is 0 Å². The first-order valence-corrected chi connectivity index (χ1v) is 31.2. The van der Waals surface area contributed by atoms with Crippen LogP contribution in [-0.2, 0) is 39.0 Å². The Labute approximate surface area is 596 Å². The molecule has 476 valence electrons. The molecule has 18 aromatic rings. The topological polar surface area (TPSA) is 246 Å². The number of carbonyl (C=O) groups is 2. The summed E-state index contributed by atoms with van der Waals surface area (Å²) in [6.07, 6.45) is 21.1. The molecule has 0 aliphatic heterocycles. The van der Waals surface area contributed by atoms with Crippen LogP contribution in [0.1, 0.15) is 31.8 Å². The van der Waals surface area contributed by atoms with Gasteiger partial charge < -0.3 is 9.97 Å². The van der Waals surface area contributed by atoms with Crippen molar-refractivity contribution in [3.05, 3.63) is 327 Å². The van der Waals surface area contributed by atoms with E-state index in [0.717, 1.165) is 111 Å². The molecule has 14 heterocycles. The number of aromatic nitrogens is 16. The van der Waals surface area contributed by atoms with Gasteiger partial charge in [0.05, 0.1) is 89.7 Å². The fraction of sp³-hybridized carbons (Fsp3) is 0. The Morgan fingerprint density at radius 2 is 0.460 bits per heavy atom. The second-order valence-corrected chi connectivity index (χ2v) is 22.1. The molecule has 0 saturated carbocycles. The summed E-state index contributed by atoms with van der Waals surface area (Å²) >= 11 is 0. The molecule has 0 radical (unpaired) electrons. The average molecular weight is 1470 g/mol. The molecule has 14 aromatic heterocycles. The standard InChI is InChI=1S/C40H20N8O2.4C10H8N2.2Ru/c49-37-22-12-10-20(40-47-35-25-7-3-15-43-31(25)32-26(36(35)48-40)8-4-16-44-32)18-28(22)38(50)21-11-9-19(17-27(21)37)39-45-33-23-5-1-13-41-29(23)30-24(34(33)46-39)6-2-14-42-30;4*1-3-7-11-9(5-1)10-6-2-4-8-12-10;;/h1-18H,(H,45,46)(H,47,48);4*1-8H;;/q;;;;;2*+2. The van der Waals surface area contributed by atoms with Crippen LogP contribution in [0.2, 0.25) is 0 Å². The van der Waals surface area contributed by atoms with Gasteiger partial charge in [-0.25, -0.2) is 9.97 Å². The number of aromatic amines is 2. The van der Waals surface area contributed by atoms with Gasteiger partial charge in [0.15, 0.2) is 11.6 Å². The number of nitrogens with one attached hydrogen (secondary N) is 2. The summed E-state index contributed by atoms with van der Waals surface area (Å²) in [7, 11) is 0. The summed E-state index contributed by atoms with van der Waals surface area (Å²) in [5, 5.41) is 3.56. The van der Waals surface area contributed by atoms with Gasteiger partial charge in [0.1, 0.15) is 11.6 Å². The van der Waals surface area contributed by atoms with E-state index >= 15 is 0 Å². The number of hydrogen-bond acceptors (Lipinski definition) is 16. The van der Waals surface area contributed by atoms with Crippen molar-refractivity contribution >= 4 is 77.2 Å². The number of ketones is 2. The number of pyridine rings is 12. The number of H-pyrrole nitrogens is 2. The maximum absolute atomic E-state index is 14.0. The molecule has 0 fully saturated rings. The Morgan fingerprint density at radius 1 is 0.220 bits per heavy atom. The molecule has 100 heavy (non-hydrogen) atoms. The van der Waals surface area contributed by atoms with Crippen molar-refractivity contribution in [3.8, 4) is 68.3 Å². The SMILES string of the molecule is O=C1c2ccc(-c3nc4c5cccnc5c5ncccc5c4[nH]3)cc2C(=O)c2ccc(-c3nc4c5cccnc5c5ncccc5c4[nH]3)cc21.[Ru+2].[Ru+2].c1ccc(-c2ccccn2)nc1.c1ccc(-c2ccccn2)nc1.c1ccc(-c2ccccn2)nc1.c1ccc(-c2ccccn2)nc1. The number of benzene rings is 4. The van der Waals surface area contributed by atoms with Crippen LogP contribution in [0.4, 0.5) is 0 Å². The van der Waals surface area contributed by atoms with Gasteiger partial charge in [0.2, 0.25) is 0 Å². The minimum absolute atomic E-state index is 0. The number of rotatable bonds is 6. The van der Waals surface area contributed by atoms with Gasteiger partial charge >= 0.3 is 39.0 Å². The second kappa shape index (κ2) is 30.5. The van der Waals surface area contributed by atoms with Gasteiger partial charge in [0.25, 0.3) is 0 Å². The Kier molecular flexibility index (Phi) is 20.1. The Hall–Kier alpha value is -12.8. The number of carbonyl (C=O) groups excluding carboxylic acids is 2. The van der Waals surface area contributed by atoms with E-state index in [0.29, 0.717) is 45.0 Å². The molecule has 19 rings (SSSR count). The van der Waals surface area contributed by atoms with E-state index in [4.69, 9.17) is 9.97 Å². The van der Waals surface area contributed by atoms with Gasteiger partial charge in [-0.15, -0.1) is 0 Å². The molecule has 0 bridgehead atoms. The van der Waals surface area contributed by atoms with Crippen LogP contribution in [0.3, 0.4) is 0 Å². The number of fused-ring (bicyclic) bond motifs is 14. The minimum Gasteiger partial charge on any atom is -0.337 e. The summed E-state index contributed by atoms with van der Waals surface area (Å²) < 4.78 is 0. The predicted octanol–water partition coefficient (Wildman–Crippen LogP) is 16.3. The van der Waals surface area contributed by atoms with Crippen molar-refractivity contribution in [1.29, 1.82) is 0 Å². The molecule has 0 amide bonds. The number of hydrogen-bond donors (Lipinski definition) is 2. The van der Waals surface area contributed by atoms with Crippen molar-refractivity contribution in [3.63, 3.8) is 0 Å². The largest absolute Gasteiger partial charge is 2.00 e. The van der Waals surface area contributed by atoms with Crippen LogP contribution in [0.5, 0.6) is 0 Å². The van der Waals surface area contributed by atoms with Crippen LogP contribution in [0.15, 0.2) is 305 Å². The molecule has 20 heteroatoms. The normalized spacial score (nSPS) is 11.1. The molecule has 1 aliphatic carbocycles. The molecule has 4 aromatic carbocycles. The van der Waals surface area contributed by atoms with Gasteiger partial charge in [-0.3, -0.25) is 69.4 Å². The molecular formula is C80H52N16O2Ru2+4. The summed E-state index contributed by atoms with van der Waals surface area (Å²) in [6, 6.07) is 72.4. The van der Waals surface area contributed by atoms with E-state index in [2.05, 4.69) is 69.8 Å². The third-order valence-corrected chi connectivity index (χ3v) is 16.1. The fourth-order valence-electron chi connectivity index (χ4n) is 11.5. The smallest absolute Gasteiger partial charge is 0.337 e. The molecule has 0 atom stereocenters. The third-order valence-electron chi connectivity index (χ3n) is 16.1. The van der Waals surface area contributed by atoms with Gasteiger partial charge in [-0.05, 0) is 170 Å². The molecule has 18 nitrogen and oxygen atoms in total. The predicted molar refractivity (Wildman–Crippen MR) is 381 cm³/mol. The van der Waals surface area contributed by atoms with Crippen LogP contribution < -0.4 is 0 Å². The van der Waals surface area contributed by atoms with E-state index in [1.54, 1.807) is 98.6 Å². The average Bonchev–Trinajstić information content (AvgIpc) is 1.46. The zero-order valence-corrected chi connectivity index (χ0v) is 56.1. The second-order valence-electron chi connectivity index (χ2n) is 22.1. The zero-order chi connectivity index (χ0) is 66.0. The Morgan fingerprint density at radius 3 is 0.710 bits per heavy atom. The summed E-state index contributed by atoms with van der Waals surface area (Å²) in [5.41, 5.74) is 16.4. The first-order chi connectivity index (χ1) is 48.5. The molecule has 0 unspecified atom stereocenters. The monoisotopic (exact) mass is 1470 g/mol. The van der Waals surface area contributed by atoms with E-state index in [1.807, 2.05) is 206 Å². The van der Waals surface area contributed by atoms with Crippen molar-refractivity contribution < 1.29 is 48.5 Å². The van der Waals surface area contributed by atoms with E-state index in [9.17, 15) is 9.59 Å². The first-order valence-electron chi connectivity index (χ1n) is 31.2. The van der Waals surface area contributed by atoms with E-state index < -0.39 is 0 Å². The van der Waals surface area contributed by atoms with Crippen molar-refractivity contribution in [2.75, 3.05) is 0 Å². The van der Waals surface area contributed by atoms with Crippen LogP contribution in [-0.4, -0.2) is 91.3 Å². The molecular weight excluding hydrogens is 1420 g/mol. The maximum Gasteiger partial charge on any atom is 2.00 e. The molecule has 0 spiro atoms. The Bertz CT molecular complexity index is 5050. The molecule has 1 aliphatic rings. The summed E-state index contributed by atoms with van der Waals surface area (Å²) in [6.45, 7) is 0. The van der Waals surface area contributed by atoms with Crippen molar-refractivity contribution in [1.82, 2.24) is 79.7 Å². The maximum atomic E-state index is 14.0. The van der Waals surface area contributed by atoms with Crippen LogP contribution in [0.25, 0.3) is 134 Å². The van der Waals surface area contributed by atoms with Gasteiger partial charge in [-0.1, -0.05) is 60.7 Å². The fourth-order valence-corrected chi connectivity index (χ4v) is 11.5. The molecule has 0 saturated heterocycles. The Balaban J connectivity index is 0.000000143. The van der Waals surface area contributed by atoms with E-state index in [-0.39, 0.29) is 50.5 Å². The number of imidazole rings is 2. The van der Waals surface area contributed by atoms with Gasteiger partial charge in [-0.2, -0.15) is 0 Å². The zero-order valence-electron chi connectivity index (χ0n) is 52.7. The van der Waals surface area contributed by atoms with Crippen molar-refractivity contribution in [2.45, 2.75) is 0 Å². The number of nitrogens with zero attached hydrogens (tertiary/aromatic N) is 14. The quantitative estimate of drug-likeness (QED) is 0.116. The van der Waals surface area contributed by atoms with E-state index in [1.165, 1.54) is 0 Å². The first kappa shape index (κ1) is 65.9. The van der Waals surface area contributed by atoms with Gasteiger partial charge in [0, 0.05) is 129 Å².